The van der Waals surface area contributed by atoms with Crippen LogP contribution in [0.3, 0.4) is 0 Å². The molecule has 2 aliphatic heterocycles. The Labute approximate surface area is 116 Å². The first-order chi connectivity index (χ1) is 9.29. The van der Waals surface area contributed by atoms with Gasteiger partial charge in [-0.15, -0.1) is 0 Å². The van der Waals surface area contributed by atoms with E-state index in [1.807, 2.05) is 0 Å². The van der Waals surface area contributed by atoms with Gasteiger partial charge in [0.1, 0.15) is 0 Å². The topological polar surface area (TPSA) is 53.6 Å². The number of hydrogen-bond acceptors (Lipinski definition) is 4. The molecule has 2 aliphatic rings. The first kappa shape index (κ1) is 14.8. The van der Waals surface area contributed by atoms with Crippen molar-refractivity contribution in [3.8, 4) is 0 Å². The number of rotatable bonds is 5. The van der Waals surface area contributed by atoms with Crippen LogP contribution in [0, 0.1) is 5.92 Å². The quantitative estimate of drug-likeness (QED) is 0.749. The molecule has 0 aliphatic carbocycles. The lowest BCUT2D eigenvalue weighted by atomic mass is 9.97. The number of amides is 1. The van der Waals surface area contributed by atoms with E-state index >= 15 is 0 Å². The van der Waals surface area contributed by atoms with Gasteiger partial charge in [-0.1, -0.05) is 0 Å². The Morgan fingerprint density at radius 1 is 1.37 bits per heavy atom. The summed E-state index contributed by atoms with van der Waals surface area (Å²) in [5.41, 5.74) is 0. The predicted molar refractivity (Wildman–Crippen MR) is 75.1 cm³/mol. The number of hydrogen-bond donors (Lipinski definition) is 2. The largest absolute Gasteiger partial charge is 0.383 e. The van der Waals surface area contributed by atoms with E-state index in [4.69, 9.17) is 4.74 Å². The lowest BCUT2D eigenvalue weighted by molar-refractivity contribution is -0.126. The molecule has 0 bridgehead atoms. The number of likely N-dealkylation sites (tertiary alicyclic amines) is 1. The maximum atomic E-state index is 12.1. The Morgan fingerprint density at radius 2 is 2.16 bits per heavy atom. The summed E-state index contributed by atoms with van der Waals surface area (Å²) in [5, 5.41) is 6.53. The molecule has 5 heteroatoms. The monoisotopic (exact) mass is 269 g/mol. The molecule has 5 nitrogen and oxygen atoms in total. The number of carbonyl (C=O) groups is 1. The van der Waals surface area contributed by atoms with Gasteiger partial charge in [0, 0.05) is 39.3 Å². The molecule has 110 valence electrons. The average molecular weight is 269 g/mol. The van der Waals surface area contributed by atoms with Crippen molar-refractivity contribution >= 4 is 5.91 Å². The van der Waals surface area contributed by atoms with Crippen molar-refractivity contribution in [1.82, 2.24) is 15.5 Å². The van der Waals surface area contributed by atoms with E-state index in [2.05, 4.69) is 15.5 Å². The van der Waals surface area contributed by atoms with Crippen LogP contribution in [0.5, 0.6) is 0 Å². The zero-order valence-electron chi connectivity index (χ0n) is 12.0. The van der Waals surface area contributed by atoms with Crippen molar-refractivity contribution in [3.63, 3.8) is 0 Å². The maximum absolute atomic E-state index is 12.1. The molecular formula is C14H27N3O2. The van der Waals surface area contributed by atoms with Crippen molar-refractivity contribution in [1.29, 1.82) is 0 Å². The van der Waals surface area contributed by atoms with Crippen LogP contribution in [-0.2, 0) is 9.53 Å². The molecule has 2 fully saturated rings. The highest BCUT2D eigenvalue weighted by atomic mass is 16.5. The molecule has 19 heavy (non-hydrogen) atoms. The Bertz CT molecular complexity index is 272. The van der Waals surface area contributed by atoms with Crippen molar-refractivity contribution < 1.29 is 9.53 Å². The van der Waals surface area contributed by atoms with Crippen LogP contribution in [0.4, 0.5) is 0 Å². The van der Waals surface area contributed by atoms with Gasteiger partial charge in [-0.2, -0.15) is 0 Å². The smallest absolute Gasteiger partial charge is 0.224 e. The second-order valence-electron chi connectivity index (χ2n) is 5.66. The molecule has 0 aromatic rings. The summed E-state index contributed by atoms with van der Waals surface area (Å²) in [6.45, 7) is 5.84. The zero-order chi connectivity index (χ0) is 13.5. The van der Waals surface area contributed by atoms with Gasteiger partial charge in [0.2, 0.25) is 5.91 Å². The van der Waals surface area contributed by atoms with Gasteiger partial charge in [0.05, 0.1) is 12.5 Å². The summed E-state index contributed by atoms with van der Waals surface area (Å²) < 4.78 is 5.10. The van der Waals surface area contributed by atoms with Crippen LogP contribution >= 0.6 is 0 Å². The van der Waals surface area contributed by atoms with Gasteiger partial charge >= 0.3 is 0 Å². The van der Waals surface area contributed by atoms with E-state index in [1.54, 1.807) is 7.11 Å². The summed E-state index contributed by atoms with van der Waals surface area (Å²) in [6, 6.07) is 0.369. The van der Waals surface area contributed by atoms with Crippen LogP contribution in [0.15, 0.2) is 0 Å². The molecule has 0 saturated carbocycles. The third-order valence-corrected chi connectivity index (χ3v) is 4.21. The van der Waals surface area contributed by atoms with Crippen LogP contribution in [0.25, 0.3) is 0 Å². The second-order valence-corrected chi connectivity index (χ2v) is 5.66. The first-order valence-corrected chi connectivity index (χ1v) is 7.52. The Kier molecular flexibility index (Phi) is 6.07. The molecule has 1 unspecified atom stereocenters. The number of nitrogens with zero attached hydrogens (tertiary/aromatic N) is 1. The van der Waals surface area contributed by atoms with Crippen molar-refractivity contribution in [2.24, 2.45) is 5.92 Å². The highest BCUT2D eigenvalue weighted by Crippen LogP contribution is 2.14. The van der Waals surface area contributed by atoms with E-state index in [0.29, 0.717) is 6.04 Å². The van der Waals surface area contributed by atoms with Crippen molar-refractivity contribution in [2.45, 2.75) is 31.7 Å². The molecular weight excluding hydrogens is 242 g/mol. The number of nitrogens with one attached hydrogen (secondary N) is 2. The van der Waals surface area contributed by atoms with Gasteiger partial charge in [0.15, 0.2) is 0 Å². The minimum Gasteiger partial charge on any atom is -0.383 e. The molecule has 2 heterocycles. The molecule has 0 aromatic heterocycles. The van der Waals surface area contributed by atoms with Crippen LogP contribution in [0.2, 0.25) is 0 Å². The summed E-state index contributed by atoms with van der Waals surface area (Å²) in [6.07, 6.45) is 4.28. The SMILES string of the molecule is COCCN1CCC(NC(=O)C2CCCNC2)CC1. The molecule has 2 rings (SSSR count). The third kappa shape index (κ3) is 4.75. The number of methoxy groups -OCH3 is 1. The average Bonchev–Trinajstić information content (AvgIpc) is 2.47. The van der Waals surface area contributed by atoms with Gasteiger partial charge in [-0.3, -0.25) is 4.79 Å². The number of piperidine rings is 2. The summed E-state index contributed by atoms with van der Waals surface area (Å²) in [7, 11) is 1.74. The third-order valence-electron chi connectivity index (χ3n) is 4.21. The normalized spacial score (nSPS) is 26.3. The van der Waals surface area contributed by atoms with Crippen LogP contribution < -0.4 is 10.6 Å². The Hall–Kier alpha value is -0.650. The van der Waals surface area contributed by atoms with E-state index in [9.17, 15) is 4.79 Å². The number of ether oxygens (including phenoxy) is 1. The fraction of sp³-hybridized carbons (Fsp3) is 0.929. The van der Waals surface area contributed by atoms with E-state index in [0.717, 1.165) is 65.0 Å². The van der Waals surface area contributed by atoms with Crippen molar-refractivity contribution in [3.05, 3.63) is 0 Å². The molecule has 0 aromatic carbocycles. The van der Waals surface area contributed by atoms with Crippen LogP contribution in [-0.4, -0.2) is 63.3 Å². The lowest BCUT2D eigenvalue weighted by Gasteiger charge is -2.33. The van der Waals surface area contributed by atoms with Crippen LogP contribution in [0.1, 0.15) is 25.7 Å². The molecule has 2 N–H and O–H groups in total. The minimum atomic E-state index is 0.181. The molecule has 0 radical (unpaired) electrons. The van der Waals surface area contributed by atoms with Crippen molar-refractivity contribution in [2.75, 3.05) is 46.4 Å². The molecule has 1 amide bonds. The van der Waals surface area contributed by atoms with E-state index in [-0.39, 0.29) is 11.8 Å². The highest BCUT2D eigenvalue weighted by Gasteiger charge is 2.25. The zero-order valence-corrected chi connectivity index (χ0v) is 12.0. The van der Waals surface area contributed by atoms with Gasteiger partial charge in [0.25, 0.3) is 0 Å². The fourth-order valence-corrected chi connectivity index (χ4v) is 2.92. The van der Waals surface area contributed by atoms with E-state index < -0.39 is 0 Å². The van der Waals surface area contributed by atoms with Gasteiger partial charge < -0.3 is 20.3 Å². The fourth-order valence-electron chi connectivity index (χ4n) is 2.92. The molecule has 0 spiro atoms. The lowest BCUT2D eigenvalue weighted by Crippen LogP contribution is -2.49. The maximum Gasteiger partial charge on any atom is 0.224 e. The summed E-state index contributed by atoms with van der Waals surface area (Å²) >= 11 is 0. The summed E-state index contributed by atoms with van der Waals surface area (Å²) in [5.74, 6) is 0.433. The highest BCUT2D eigenvalue weighted by molar-refractivity contribution is 5.79. The molecule has 1 atom stereocenters. The molecule has 2 saturated heterocycles. The first-order valence-electron chi connectivity index (χ1n) is 7.52. The predicted octanol–water partition coefficient (Wildman–Crippen LogP) is 0.213. The standard InChI is InChI=1S/C14H27N3O2/c1-19-10-9-17-7-4-13(5-8-17)16-14(18)12-3-2-6-15-11-12/h12-13,15H,2-11H2,1H3,(H,16,18). The summed E-state index contributed by atoms with van der Waals surface area (Å²) in [4.78, 5) is 14.5. The minimum absolute atomic E-state index is 0.181. The van der Waals surface area contributed by atoms with Gasteiger partial charge in [-0.25, -0.2) is 0 Å². The Balaban J connectivity index is 1.65. The van der Waals surface area contributed by atoms with E-state index in [1.165, 1.54) is 0 Å². The number of carbonyl (C=O) groups excluding carboxylic acids is 1. The Morgan fingerprint density at radius 3 is 2.79 bits per heavy atom. The van der Waals surface area contributed by atoms with Gasteiger partial charge in [-0.05, 0) is 32.2 Å². The second kappa shape index (κ2) is 7.82.